The van der Waals surface area contributed by atoms with E-state index in [2.05, 4.69) is 26.5 Å². The van der Waals surface area contributed by atoms with Gasteiger partial charge in [-0.1, -0.05) is 0 Å². The topological polar surface area (TPSA) is 99.7 Å². The monoisotopic (exact) mass is 445 g/mol. The van der Waals surface area contributed by atoms with Crippen LogP contribution < -0.4 is 5.32 Å². The van der Waals surface area contributed by atoms with E-state index in [1.165, 1.54) is 0 Å². The van der Waals surface area contributed by atoms with Crippen molar-refractivity contribution in [1.29, 1.82) is 5.26 Å². The highest BCUT2D eigenvalue weighted by molar-refractivity contribution is 5.94. The van der Waals surface area contributed by atoms with Crippen molar-refractivity contribution in [2.75, 3.05) is 18.4 Å². The fraction of sp³-hybridized carbons (Fsp3) is 0.375. The predicted octanol–water partition coefficient (Wildman–Crippen LogP) is 4.13. The molecule has 0 spiro atoms. The molecule has 1 aromatic carbocycles. The molecular formula is C24H24FN7O. The molecule has 3 heterocycles. The molecule has 2 atom stereocenters. The van der Waals surface area contributed by atoms with Gasteiger partial charge in [0, 0.05) is 35.8 Å². The number of likely N-dealkylation sites (tertiary alicyclic amines) is 1. The molecular weight excluding hydrogens is 421 g/mol. The van der Waals surface area contributed by atoms with Crippen LogP contribution in [-0.2, 0) is 0 Å². The number of benzene rings is 1. The number of hydrogen-bond donors (Lipinski definition) is 1. The normalized spacial score (nSPS) is 18.7. The zero-order valence-electron chi connectivity index (χ0n) is 18.1. The summed E-state index contributed by atoms with van der Waals surface area (Å²) in [6.07, 6.45) is 7.58. The minimum Gasteiger partial charge on any atom is -0.336 e. The summed E-state index contributed by atoms with van der Waals surface area (Å²) in [6, 6.07) is 11.2. The number of hydrogen-bond acceptors (Lipinski definition) is 6. The first-order chi connectivity index (χ1) is 16.1. The SMILES string of the molecule is N#CCC(C1CC1)n1cc(-c2ccnc(Nc3ccc(C(=O)N4CCC(F)C4)cc3)n2)cn1. The Labute approximate surface area is 191 Å². The van der Waals surface area contributed by atoms with E-state index in [-0.39, 0.29) is 18.5 Å². The standard InChI is InChI=1S/C24H24FN7O/c25-19-9-12-31(15-19)23(33)17-3-5-20(6-4-17)29-24-27-11-8-21(30-24)18-13-28-32(14-18)22(7-10-26)16-1-2-16/h3-6,8,11,13-14,16,19,22H,1-2,7,9,12,15H2,(H,27,29,30). The number of nitrogens with zero attached hydrogens (tertiary/aromatic N) is 6. The van der Waals surface area contributed by atoms with Crippen LogP contribution in [0.1, 0.15) is 42.1 Å². The van der Waals surface area contributed by atoms with Crippen molar-refractivity contribution in [1.82, 2.24) is 24.6 Å². The van der Waals surface area contributed by atoms with Gasteiger partial charge in [-0.3, -0.25) is 9.48 Å². The molecule has 2 fully saturated rings. The highest BCUT2D eigenvalue weighted by Gasteiger charge is 2.33. The molecule has 0 bridgehead atoms. The van der Waals surface area contributed by atoms with E-state index in [1.807, 2.05) is 16.9 Å². The quantitative estimate of drug-likeness (QED) is 0.587. The number of anilines is 2. The summed E-state index contributed by atoms with van der Waals surface area (Å²) in [5.74, 6) is 0.798. The highest BCUT2D eigenvalue weighted by Crippen LogP contribution is 2.41. The number of nitriles is 1. The van der Waals surface area contributed by atoms with Gasteiger partial charge >= 0.3 is 0 Å². The highest BCUT2D eigenvalue weighted by atomic mass is 19.1. The number of amides is 1. The second kappa shape index (κ2) is 8.98. The number of rotatable bonds is 7. The molecule has 168 valence electrons. The van der Waals surface area contributed by atoms with Crippen molar-refractivity contribution in [3.05, 3.63) is 54.5 Å². The van der Waals surface area contributed by atoms with E-state index in [0.717, 1.165) is 29.8 Å². The van der Waals surface area contributed by atoms with Crippen LogP contribution in [-0.4, -0.2) is 49.8 Å². The Kier molecular flexibility index (Phi) is 5.73. The van der Waals surface area contributed by atoms with E-state index in [4.69, 9.17) is 5.26 Å². The maximum Gasteiger partial charge on any atom is 0.253 e. The van der Waals surface area contributed by atoms with Gasteiger partial charge in [0.15, 0.2) is 0 Å². The van der Waals surface area contributed by atoms with Crippen LogP contribution >= 0.6 is 0 Å². The first-order valence-electron chi connectivity index (χ1n) is 11.2. The molecule has 1 aliphatic carbocycles. The Hall–Kier alpha value is -3.80. The summed E-state index contributed by atoms with van der Waals surface area (Å²) in [7, 11) is 0. The average Bonchev–Trinajstić information content (AvgIpc) is 3.38. The fourth-order valence-corrected chi connectivity index (χ4v) is 4.19. The smallest absolute Gasteiger partial charge is 0.253 e. The van der Waals surface area contributed by atoms with Crippen LogP contribution in [0.3, 0.4) is 0 Å². The molecule has 2 aromatic heterocycles. The third-order valence-corrected chi connectivity index (χ3v) is 6.17. The molecule has 3 aromatic rings. The minimum absolute atomic E-state index is 0.112. The molecule has 0 radical (unpaired) electrons. The van der Waals surface area contributed by atoms with Crippen molar-refractivity contribution in [3.8, 4) is 17.3 Å². The fourth-order valence-electron chi connectivity index (χ4n) is 4.19. The maximum absolute atomic E-state index is 13.4. The van der Waals surface area contributed by atoms with E-state index >= 15 is 0 Å². The van der Waals surface area contributed by atoms with Crippen LogP contribution in [0.25, 0.3) is 11.3 Å². The molecule has 1 saturated heterocycles. The molecule has 33 heavy (non-hydrogen) atoms. The van der Waals surface area contributed by atoms with Gasteiger partial charge in [0.05, 0.1) is 37.0 Å². The van der Waals surface area contributed by atoms with Gasteiger partial charge in [0.1, 0.15) is 6.17 Å². The molecule has 2 unspecified atom stereocenters. The third kappa shape index (κ3) is 4.70. The molecule has 2 aliphatic rings. The Morgan fingerprint density at radius 1 is 1.24 bits per heavy atom. The van der Waals surface area contributed by atoms with Gasteiger partial charge in [-0.05, 0) is 55.5 Å². The van der Waals surface area contributed by atoms with Gasteiger partial charge in [-0.15, -0.1) is 0 Å². The van der Waals surface area contributed by atoms with Crippen molar-refractivity contribution < 1.29 is 9.18 Å². The maximum atomic E-state index is 13.4. The second-order valence-corrected chi connectivity index (χ2v) is 8.58. The summed E-state index contributed by atoms with van der Waals surface area (Å²) in [6.45, 7) is 0.614. The first-order valence-corrected chi connectivity index (χ1v) is 11.2. The van der Waals surface area contributed by atoms with Crippen LogP contribution in [0.4, 0.5) is 16.0 Å². The molecule has 8 nitrogen and oxygen atoms in total. The van der Waals surface area contributed by atoms with E-state index in [1.54, 1.807) is 41.6 Å². The second-order valence-electron chi connectivity index (χ2n) is 8.58. The van der Waals surface area contributed by atoms with Gasteiger partial charge in [0.25, 0.3) is 5.91 Å². The van der Waals surface area contributed by atoms with Gasteiger partial charge in [0.2, 0.25) is 5.95 Å². The van der Waals surface area contributed by atoms with Crippen molar-refractivity contribution in [3.63, 3.8) is 0 Å². The number of carbonyl (C=O) groups is 1. The van der Waals surface area contributed by atoms with Crippen LogP contribution in [0.15, 0.2) is 48.9 Å². The summed E-state index contributed by atoms with van der Waals surface area (Å²) in [4.78, 5) is 22.9. The van der Waals surface area contributed by atoms with Crippen LogP contribution in [0.5, 0.6) is 0 Å². The van der Waals surface area contributed by atoms with Gasteiger partial charge < -0.3 is 10.2 Å². The Balaban J connectivity index is 1.27. The molecule has 1 N–H and O–H groups in total. The van der Waals surface area contributed by atoms with E-state index < -0.39 is 6.17 Å². The molecule has 1 saturated carbocycles. The van der Waals surface area contributed by atoms with E-state index in [0.29, 0.717) is 36.8 Å². The zero-order valence-corrected chi connectivity index (χ0v) is 18.1. The zero-order chi connectivity index (χ0) is 22.8. The number of alkyl halides is 1. The Morgan fingerprint density at radius 3 is 2.76 bits per heavy atom. The molecule has 9 heteroatoms. The van der Waals surface area contributed by atoms with E-state index in [9.17, 15) is 9.18 Å². The van der Waals surface area contributed by atoms with Crippen molar-refractivity contribution >= 4 is 17.5 Å². The summed E-state index contributed by atoms with van der Waals surface area (Å²) in [5.41, 5.74) is 2.86. The van der Waals surface area contributed by atoms with Gasteiger partial charge in [-0.25, -0.2) is 14.4 Å². The van der Waals surface area contributed by atoms with Crippen LogP contribution in [0.2, 0.25) is 0 Å². The van der Waals surface area contributed by atoms with Crippen molar-refractivity contribution in [2.24, 2.45) is 5.92 Å². The summed E-state index contributed by atoms with van der Waals surface area (Å²) >= 11 is 0. The van der Waals surface area contributed by atoms with Crippen LogP contribution in [0, 0.1) is 17.2 Å². The first kappa shape index (κ1) is 21.1. The minimum atomic E-state index is -0.933. The number of carbonyl (C=O) groups excluding carboxylic acids is 1. The number of halogens is 1. The lowest BCUT2D eigenvalue weighted by Gasteiger charge is -2.15. The third-order valence-electron chi connectivity index (χ3n) is 6.17. The summed E-state index contributed by atoms with van der Waals surface area (Å²) < 4.78 is 15.3. The number of aromatic nitrogens is 4. The summed E-state index contributed by atoms with van der Waals surface area (Å²) in [5, 5.41) is 16.8. The molecule has 1 amide bonds. The molecule has 1 aliphatic heterocycles. The lowest BCUT2D eigenvalue weighted by atomic mass is 10.1. The van der Waals surface area contributed by atoms with Gasteiger partial charge in [-0.2, -0.15) is 10.4 Å². The lowest BCUT2D eigenvalue weighted by molar-refractivity contribution is 0.0783. The molecule has 5 rings (SSSR count). The largest absolute Gasteiger partial charge is 0.336 e. The Bertz CT molecular complexity index is 1180. The predicted molar refractivity (Wildman–Crippen MR) is 120 cm³/mol. The number of nitrogens with one attached hydrogen (secondary N) is 1. The average molecular weight is 446 g/mol. The lowest BCUT2D eigenvalue weighted by Crippen LogP contribution is -2.28. The van der Waals surface area contributed by atoms with Crippen molar-refractivity contribution in [2.45, 2.75) is 37.9 Å². The Morgan fingerprint density at radius 2 is 2.06 bits per heavy atom.